The van der Waals surface area contributed by atoms with Crippen LogP contribution in [-0.2, 0) is 11.3 Å². The largest absolute Gasteiger partial charge is 0.457 e. The van der Waals surface area contributed by atoms with Crippen molar-refractivity contribution < 1.29 is 9.53 Å². The molecule has 1 heterocycles. The minimum Gasteiger partial charge on any atom is -0.457 e. The van der Waals surface area contributed by atoms with Gasteiger partial charge in [-0.1, -0.05) is 29.3 Å². The number of rotatable bonds is 4. The van der Waals surface area contributed by atoms with Gasteiger partial charge in [-0.3, -0.25) is 0 Å². The zero-order valence-corrected chi connectivity index (χ0v) is 13.2. The van der Waals surface area contributed by atoms with Gasteiger partial charge in [-0.2, -0.15) is 5.10 Å². The van der Waals surface area contributed by atoms with Crippen molar-refractivity contribution in [3.05, 3.63) is 83.2 Å². The number of nitrogens with zero attached hydrogens (tertiary/aromatic N) is 2. The molecule has 23 heavy (non-hydrogen) atoms. The molecule has 0 unspecified atom stereocenters. The summed E-state index contributed by atoms with van der Waals surface area (Å²) in [5.74, 6) is -0.298. The van der Waals surface area contributed by atoms with Crippen molar-refractivity contribution >= 4 is 5.97 Å². The summed E-state index contributed by atoms with van der Waals surface area (Å²) < 4.78 is 7.18. The molecule has 4 nitrogen and oxygen atoms in total. The van der Waals surface area contributed by atoms with Crippen molar-refractivity contribution in [1.29, 1.82) is 0 Å². The fourth-order valence-corrected chi connectivity index (χ4v) is 2.49. The van der Waals surface area contributed by atoms with Crippen molar-refractivity contribution in [1.82, 2.24) is 9.78 Å². The zero-order valence-electron chi connectivity index (χ0n) is 13.2. The van der Waals surface area contributed by atoms with E-state index in [4.69, 9.17) is 4.74 Å². The topological polar surface area (TPSA) is 44.1 Å². The highest BCUT2D eigenvalue weighted by Gasteiger charge is 2.08. The molecule has 2 aromatic carbocycles. The SMILES string of the molecule is Cc1cc(C)cc(C(=O)OCc2ccc(-n3cccn3)cc2)c1. The standard InChI is InChI=1S/C19H18N2O2/c1-14-10-15(2)12-17(11-14)19(22)23-13-16-4-6-18(7-5-16)21-9-3-8-20-21/h3-12H,13H2,1-2H3. The molecule has 0 N–H and O–H groups in total. The maximum Gasteiger partial charge on any atom is 0.338 e. The minimum absolute atomic E-state index is 0.255. The second kappa shape index (κ2) is 6.48. The van der Waals surface area contributed by atoms with E-state index < -0.39 is 0 Å². The van der Waals surface area contributed by atoms with E-state index >= 15 is 0 Å². The average molecular weight is 306 g/mol. The van der Waals surface area contributed by atoms with Crippen LogP contribution in [0.2, 0.25) is 0 Å². The first-order valence-electron chi connectivity index (χ1n) is 7.46. The molecule has 0 radical (unpaired) electrons. The molecular weight excluding hydrogens is 288 g/mol. The summed E-state index contributed by atoms with van der Waals surface area (Å²) in [4.78, 5) is 12.1. The maximum absolute atomic E-state index is 12.1. The number of hydrogen-bond donors (Lipinski definition) is 0. The summed E-state index contributed by atoms with van der Waals surface area (Å²) in [6.45, 7) is 4.20. The first kappa shape index (κ1) is 15.0. The van der Waals surface area contributed by atoms with Crippen LogP contribution in [0.3, 0.4) is 0 Å². The first-order chi connectivity index (χ1) is 11.1. The van der Waals surface area contributed by atoms with Gasteiger partial charge in [0.1, 0.15) is 6.61 Å². The Hall–Kier alpha value is -2.88. The lowest BCUT2D eigenvalue weighted by atomic mass is 10.1. The molecule has 0 saturated heterocycles. The van der Waals surface area contributed by atoms with E-state index in [9.17, 15) is 4.79 Å². The van der Waals surface area contributed by atoms with Gasteiger partial charge in [0, 0.05) is 12.4 Å². The molecule has 0 aliphatic carbocycles. The van der Waals surface area contributed by atoms with Crippen LogP contribution in [0.1, 0.15) is 27.0 Å². The minimum atomic E-state index is -0.298. The fraction of sp³-hybridized carbons (Fsp3) is 0.158. The van der Waals surface area contributed by atoms with E-state index in [2.05, 4.69) is 5.10 Å². The number of carbonyl (C=O) groups is 1. The Balaban J connectivity index is 1.65. The molecule has 0 bridgehead atoms. The smallest absolute Gasteiger partial charge is 0.338 e. The normalized spacial score (nSPS) is 10.5. The Bertz CT molecular complexity index is 786. The van der Waals surface area contributed by atoms with Crippen molar-refractivity contribution in [2.24, 2.45) is 0 Å². The molecule has 0 spiro atoms. The second-order valence-electron chi connectivity index (χ2n) is 5.57. The predicted molar refractivity (Wildman–Crippen MR) is 88.6 cm³/mol. The van der Waals surface area contributed by atoms with Gasteiger partial charge in [-0.15, -0.1) is 0 Å². The highest BCUT2D eigenvalue weighted by atomic mass is 16.5. The Labute approximate surface area is 135 Å². The van der Waals surface area contributed by atoms with Gasteiger partial charge in [0.15, 0.2) is 0 Å². The molecule has 116 valence electrons. The van der Waals surface area contributed by atoms with Gasteiger partial charge < -0.3 is 4.74 Å². The van der Waals surface area contributed by atoms with E-state index in [0.717, 1.165) is 22.4 Å². The van der Waals surface area contributed by atoms with Crippen LogP contribution in [0.15, 0.2) is 60.9 Å². The Kier molecular flexibility index (Phi) is 4.24. The van der Waals surface area contributed by atoms with Gasteiger partial charge >= 0.3 is 5.97 Å². The lowest BCUT2D eigenvalue weighted by Gasteiger charge is -2.08. The second-order valence-corrected chi connectivity index (χ2v) is 5.57. The molecule has 4 heteroatoms. The van der Waals surface area contributed by atoms with Crippen LogP contribution in [0.4, 0.5) is 0 Å². The van der Waals surface area contributed by atoms with Gasteiger partial charge in [-0.25, -0.2) is 9.48 Å². The Morgan fingerprint density at radius 2 is 1.78 bits per heavy atom. The summed E-state index contributed by atoms with van der Waals surface area (Å²) in [5.41, 5.74) is 4.62. The van der Waals surface area contributed by atoms with Crippen LogP contribution in [0, 0.1) is 13.8 Å². The first-order valence-corrected chi connectivity index (χ1v) is 7.46. The number of ether oxygens (including phenoxy) is 1. The van der Waals surface area contributed by atoms with Gasteiger partial charge in [0.05, 0.1) is 11.3 Å². The summed E-state index contributed by atoms with van der Waals surface area (Å²) in [7, 11) is 0. The average Bonchev–Trinajstić information content (AvgIpc) is 3.06. The van der Waals surface area contributed by atoms with Crippen molar-refractivity contribution in [3.8, 4) is 5.69 Å². The van der Waals surface area contributed by atoms with Crippen LogP contribution in [0.5, 0.6) is 0 Å². The van der Waals surface area contributed by atoms with Crippen molar-refractivity contribution in [2.75, 3.05) is 0 Å². The van der Waals surface area contributed by atoms with Gasteiger partial charge in [0.25, 0.3) is 0 Å². The molecule has 1 aromatic heterocycles. The molecule has 0 atom stereocenters. The van der Waals surface area contributed by atoms with Crippen molar-refractivity contribution in [2.45, 2.75) is 20.5 Å². The number of aromatic nitrogens is 2. The quantitative estimate of drug-likeness (QED) is 0.688. The monoisotopic (exact) mass is 306 g/mol. The fourth-order valence-electron chi connectivity index (χ4n) is 2.49. The third kappa shape index (κ3) is 3.66. The number of aryl methyl sites for hydroxylation is 2. The molecular formula is C19H18N2O2. The van der Waals surface area contributed by atoms with Gasteiger partial charge in [0.2, 0.25) is 0 Å². The Morgan fingerprint density at radius 3 is 2.39 bits per heavy atom. The number of carbonyl (C=O) groups excluding carboxylic acids is 1. The van der Waals surface area contributed by atoms with E-state index in [1.54, 1.807) is 10.9 Å². The van der Waals surface area contributed by atoms with E-state index in [0.29, 0.717) is 5.56 Å². The maximum atomic E-state index is 12.1. The molecule has 0 aliphatic rings. The third-order valence-corrected chi connectivity index (χ3v) is 3.53. The molecule has 0 saturated carbocycles. The number of benzene rings is 2. The third-order valence-electron chi connectivity index (χ3n) is 3.53. The lowest BCUT2D eigenvalue weighted by Crippen LogP contribution is -2.06. The number of hydrogen-bond acceptors (Lipinski definition) is 3. The van der Waals surface area contributed by atoms with Crippen LogP contribution < -0.4 is 0 Å². The number of esters is 1. The summed E-state index contributed by atoms with van der Waals surface area (Å²) >= 11 is 0. The molecule has 0 aliphatic heterocycles. The molecule has 3 aromatic rings. The lowest BCUT2D eigenvalue weighted by molar-refractivity contribution is 0.0472. The predicted octanol–water partition coefficient (Wildman–Crippen LogP) is 3.85. The van der Waals surface area contributed by atoms with Crippen LogP contribution >= 0.6 is 0 Å². The summed E-state index contributed by atoms with van der Waals surface area (Å²) in [6.07, 6.45) is 3.62. The zero-order chi connectivity index (χ0) is 16.2. The molecule has 0 fully saturated rings. The van der Waals surface area contributed by atoms with E-state index in [1.165, 1.54) is 0 Å². The van der Waals surface area contributed by atoms with Crippen LogP contribution in [0.25, 0.3) is 5.69 Å². The summed E-state index contributed by atoms with van der Waals surface area (Å²) in [6, 6.07) is 15.4. The van der Waals surface area contributed by atoms with Gasteiger partial charge in [-0.05, 0) is 49.7 Å². The van der Waals surface area contributed by atoms with Crippen LogP contribution in [-0.4, -0.2) is 15.7 Å². The highest BCUT2D eigenvalue weighted by molar-refractivity contribution is 5.89. The van der Waals surface area contributed by atoms with Crippen molar-refractivity contribution in [3.63, 3.8) is 0 Å². The van der Waals surface area contributed by atoms with E-state index in [1.807, 2.05) is 68.6 Å². The summed E-state index contributed by atoms with van der Waals surface area (Å²) in [5, 5.41) is 4.18. The Morgan fingerprint density at radius 1 is 1.09 bits per heavy atom. The van der Waals surface area contributed by atoms with E-state index in [-0.39, 0.29) is 12.6 Å². The highest BCUT2D eigenvalue weighted by Crippen LogP contribution is 2.13. The molecule has 0 amide bonds. The molecule has 3 rings (SSSR count).